The van der Waals surface area contributed by atoms with Crippen LogP contribution in [0.1, 0.15) is 144 Å². The van der Waals surface area contributed by atoms with E-state index in [0.29, 0.717) is 12.1 Å². The first kappa shape index (κ1) is 44.3. The van der Waals surface area contributed by atoms with Crippen LogP contribution in [-0.4, -0.2) is 115 Å². The van der Waals surface area contributed by atoms with Gasteiger partial charge >= 0.3 is 12.2 Å². The Labute approximate surface area is 366 Å². The third-order valence-corrected chi connectivity index (χ3v) is 15.0. The van der Waals surface area contributed by atoms with Crippen LogP contribution in [0.15, 0.2) is 6.07 Å². The monoisotopic (exact) mass is 932 g/mol. The summed E-state index contributed by atoms with van der Waals surface area (Å²) in [5, 5.41) is 10.1. The van der Waals surface area contributed by atoms with Gasteiger partial charge in [-0.05, 0) is 157 Å². The molecule has 15 heteroatoms. The fourth-order valence-electron chi connectivity index (χ4n) is 10.9. The van der Waals surface area contributed by atoms with Crippen LogP contribution in [0, 0.1) is 28.2 Å². The number of halogens is 1. The van der Waals surface area contributed by atoms with E-state index in [-0.39, 0.29) is 46.2 Å². The molecule has 2 aromatic heterocycles. The maximum Gasteiger partial charge on any atom is 0.410 e. The number of likely N-dealkylation sites (tertiary alicyclic amines) is 2. The molecule has 2 spiro atoms. The second-order valence-electron chi connectivity index (χ2n) is 22.5. The maximum absolute atomic E-state index is 12.3. The molecule has 2 aromatic rings. The molecule has 0 aromatic carbocycles. The predicted molar refractivity (Wildman–Crippen MR) is 241 cm³/mol. The molecule has 6 aliphatic rings. The third kappa shape index (κ3) is 9.08. The van der Waals surface area contributed by atoms with Gasteiger partial charge in [-0.2, -0.15) is 10.2 Å². The van der Waals surface area contributed by atoms with E-state index in [9.17, 15) is 9.59 Å². The average Bonchev–Trinajstić information content (AvgIpc) is 3.50. The summed E-state index contributed by atoms with van der Waals surface area (Å²) in [4.78, 5) is 33.0. The van der Waals surface area contributed by atoms with E-state index in [1.807, 2.05) is 51.3 Å². The molecule has 2 amide bonds. The van der Waals surface area contributed by atoms with E-state index in [0.717, 1.165) is 102 Å². The Kier molecular flexibility index (Phi) is 11.4. The van der Waals surface area contributed by atoms with Crippen molar-refractivity contribution >= 4 is 46.4 Å². The highest BCUT2D eigenvalue weighted by Crippen LogP contribution is 2.56. The number of amides is 2. The fraction of sp³-hybridized carbons (Fsp3) is 0.818. The zero-order valence-electron chi connectivity index (χ0n) is 38.0. The minimum absolute atomic E-state index is 0.0198. The van der Waals surface area contributed by atoms with E-state index in [4.69, 9.17) is 31.1 Å². The Morgan fingerprint density at radius 2 is 1.12 bits per heavy atom. The van der Waals surface area contributed by atoms with Gasteiger partial charge in [0.05, 0.1) is 21.3 Å². The number of aryl methyl sites for hydroxylation is 1. The molecule has 330 valence electrons. The Balaban J connectivity index is 0.000000179. The first-order chi connectivity index (χ1) is 27.2. The zero-order chi connectivity index (χ0) is 43.2. The van der Waals surface area contributed by atoms with Gasteiger partial charge in [-0.15, -0.1) is 0 Å². The number of nitrogens with two attached hydrogens (primary N) is 2. The Bertz CT molecular complexity index is 1880. The van der Waals surface area contributed by atoms with Crippen LogP contribution in [0.4, 0.5) is 21.2 Å². The molecule has 59 heavy (non-hydrogen) atoms. The molecule has 4 saturated heterocycles. The predicted octanol–water partition coefficient (Wildman–Crippen LogP) is 7.54. The number of carbonyl (C=O) groups is 2. The standard InChI is InChI=1S/C22H36IN5O2.C22H37N5O2/c1-14-17(23)18(27-8-7-15(24)9-21(27,5)6)25-28(14)16-10-22(11-16)12-26(13-22)19(29)30-20(2,3)4;1-15-9-18(26-8-7-16(23)10-21(26,5)6)24-27(15)17-11-22(12-17)13-25(14-22)19(28)29-20(2,3)4/h15-16H,7-13,24H2,1-6H3;9,16-17H,7-8,10-14,23H2,1-6H3. The van der Waals surface area contributed by atoms with Gasteiger partial charge in [0.25, 0.3) is 0 Å². The lowest BCUT2D eigenvalue weighted by Crippen LogP contribution is -2.64. The number of nitrogens with zero attached hydrogens (tertiary/aromatic N) is 8. The van der Waals surface area contributed by atoms with Gasteiger partial charge in [0.15, 0.2) is 11.6 Å². The van der Waals surface area contributed by atoms with Crippen molar-refractivity contribution < 1.29 is 19.1 Å². The first-order valence-corrected chi connectivity index (χ1v) is 23.1. The fourth-order valence-corrected chi connectivity index (χ4v) is 11.5. The molecular weight excluding hydrogens is 859 g/mol. The van der Waals surface area contributed by atoms with Crippen molar-refractivity contribution in [3.05, 3.63) is 21.0 Å². The highest BCUT2D eigenvalue weighted by molar-refractivity contribution is 14.1. The van der Waals surface area contributed by atoms with Crippen LogP contribution < -0.4 is 21.3 Å². The lowest BCUT2D eigenvalue weighted by molar-refractivity contribution is -0.0931. The van der Waals surface area contributed by atoms with Gasteiger partial charge in [-0.3, -0.25) is 9.36 Å². The van der Waals surface area contributed by atoms with Crippen LogP contribution in [0.2, 0.25) is 0 Å². The third-order valence-electron chi connectivity index (χ3n) is 13.7. The molecule has 2 unspecified atom stereocenters. The molecular formula is C44H73IN10O4. The lowest BCUT2D eigenvalue weighted by Gasteiger charge is -2.58. The van der Waals surface area contributed by atoms with Gasteiger partial charge in [-0.25, -0.2) is 9.59 Å². The SMILES string of the molecule is Cc1c(I)c(N2CCC(N)CC2(C)C)nn1C1CC2(C1)CN(C(=O)OC(C)(C)C)C2.Cc1cc(N2CCC(N)CC2(C)C)nn1C1CC2(C1)CN(C(=O)OC(C)(C)C)C2. The Morgan fingerprint density at radius 3 is 1.54 bits per heavy atom. The normalized spacial score (nSPS) is 26.9. The van der Waals surface area contributed by atoms with Crippen molar-refractivity contribution in [2.75, 3.05) is 49.1 Å². The summed E-state index contributed by atoms with van der Waals surface area (Å²) in [6, 6.07) is 3.62. The van der Waals surface area contributed by atoms with E-state index in [1.165, 1.54) is 15.0 Å². The van der Waals surface area contributed by atoms with Gasteiger partial charge in [0, 0.05) is 85.0 Å². The number of hydrogen-bond acceptors (Lipinski definition) is 10. The van der Waals surface area contributed by atoms with E-state index in [2.05, 4.69) is 89.4 Å². The van der Waals surface area contributed by atoms with Crippen molar-refractivity contribution in [2.24, 2.45) is 22.3 Å². The largest absolute Gasteiger partial charge is 0.444 e. The molecule has 8 rings (SSSR count). The molecule has 4 aliphatic heterocycles. The molecule has 2 aliphatic carbocycles. The number of carbonyl (C=O) groups excluding carboxylic acids is 2. The van der Waals surface area contributed by atoms with Gasteiger partial charge in [0.1, 0.15) is 11.2 Å². The zero-order valence-corrected chi connectivity index (χ0v) is 40.2. The van der Waals surface area contributed by atoms with E-state index >= 15 is 0 Å². The maximum atomic E-state index is 12.3. The summed E-state index contributed by atoms with van der Waals surface area (Å²) in [5.74, 6) is 2.18. The minimum atomic E-state index is -0.437. The molecule has 2 atom stereocenters. The van der Waals surface area contributed by atoms with Crippen LogP contribution in [0.3, 0.4) is 0 Å². The Morgan fingerprint density at radius 1 is 0.695 bits per heavy atom. The summed E-state index contributed by atoms with van der Waals surface area (Å²) in [7, 11) is 0. The van der Waals surface area contributed by atoms with Crippen LogP contribution in [0.5, 0.6) is 0 Å². The second-order valence-corrected chi connectivity index (χ2v) is 23.6. The molecule has 6 fully saturated rings. The molecule has 2 saturated carbocycles. The molecule has 0 bridgehead atoms. The quantitative estimate of drug-likeness (QED) is 0.294. The summed E-state index contributed by atoms with van der Waals surface area (Å²) in [5.41, 5.74) is 14.6. The molecule has 0 radical (unpaired) electrons. The van der Waals surface area contributed by atoms with Crippen molar-refractivity contribution in [3.8, 4) is 0 Å². The minimum Gasteiger partial charge on any atom is -0.444 e. The summed E-state index contributed by atoms with van der Waals surface area (Å²) in [6.45, 7) is 30.0. The van der Waals surface area contributed by atoms with Crippen molar-refractivity contribution in [3.63, 3.8) is 0 Å². The summed E-state index contributed by atoms with van der Waals surface area (Å²) < 4.78 is 16.7. The number of aromatic nitrogens is 4. The van der Waals surface area contributed by atoms with Crippen molar-refractivity contribution in [1.29, 1.82) is 0 Å². The van der Waals surface area contributed by atoms with Gasteiger partial charge in [0.2, 0.25) is 0 Å². The average molecular weight is 933 g/mol. The molecule has 6 heterocycles. The van der Waals surface area contributed by atoms with Crippen LogP contribution in [-0.2, 0) is 9.47 Å². The number of rotatable bonds is 4. The molecule has 4 N–H and O–H groups in total. The number of hydrogen-bond donors (Lipinski definition) is 2. The highest BCUT2D eigenvalue weighted by atomic mass is 127. The first-order valence-electron chi connectivity index (χ1n) is 22.0. The van der Waals surface area contributed by atoms with Crippen LogP contribution >= 0.6 is 22.6 Å². The Hall–Kier alpha value is -2.79. The second kappa shape index (κ2) is 15.2. The highest BCUT2D eigenvalue weighted by Gasteiger charge is 2.57. The number of ether oxygens (including phenoxy) is 2. The number of piperidine rings is 2. The van der Waals surface area contributed by atoms with Crippen LogP contribution in [0.25, 0.3) is 0 Å². The van der Waals surface area contributed by atoms with Gasteiger partial charge < -0.3 is 40.5 Å². The van der Waals surface area contributed by atoms with Gasteiger partial charge in [-0.1, -0.05) is 0 Å². The smallest absolute Gasteiger partial charge is 0.410 e. The molecule has 14 nitrogen and oxygen atoms in total. The summed E-state index contributed by atoms with van der Waals surface area (Å²) in [6.07, 6.45) is 7.97. The number of anilines is 2. The van der Waals surface area contributed by atoms with E-state index < -0.39 is 11.2 Å². The topological polar surface area (TPSA) is 153 Å². The van der Waals surface area contributed by atoms with Crippen molar-refractivity contribution in [2.45, 2.75) is 181 Å². The summed E-state index contributed by atoms with van der Waals surface area (Å²) >= 11 is 2.45. The van der Waals surface area contributed by atoms with Crippen molar-refractivity contribution in [1.82, 2.24) is 29.4 Å². The van der Waals surface area contributed by atoms with E-state index in [1.54, 1.807) is 0 Å². The lowest BCUT2D eigenvalue weighted by atomic mass is 9.61.